The fraction of sp³-hybridized carbons (Fsp3) is 0.471. The van der Waals surface area contributed by atoms with Gasteiger partial charge in [-0.1, -0.05) is 30.3 Å². The molecule has 1 aromatic rings. The van der Waals surface area contributed by atoms with Gasteiger partial charge in [0.2, 0.25) is 0 Å². The summed E-state index contributed by atoms with van der Waals surface area (Å²) in [7, 11) is 1.52. The Labute approximate surface area is 141 Å². The number of hydrogen-bond acceptors (Lipinski definition) is 5. The molecule has 24 heavy (non-hydrogen) atoms. The molecule has 1 heterocycles. The van der Waals surface area contributed by atoms with Crippen LogP contribution in [0.15, 0.2) is 30.3 Å². The van der Waals surface area contributed by atoms with Gasteiger partial charge >= 0.3 is 18.1 Å². The number of ether oxygens (including phenoxy) is 2. The van der Waals surface area contributed by atoms with Crippen molar-refractivity contribution in [3.05, 3.63) is 35.9 Å². The number of imide groups is 1. The maximum absolute atomic E-state index is 12.3. The van der Waals surface area contributed by atoms with E-state index in [9.17, 15) is 14.4 Å². The Hall–Kier alpha value is -2.57. The summed E-state index contributed by atoms with van der Waals surface area (Å²) in [6, 6.07) is 7.51. The first kappa shape index (κ1) is 17.8. The van der Waals surface area contributed by atoms with Crippen LogP contribution in [-0.2, 0) is 20.9 Å². The van der Waals surface area contributed by atoms with Gasteiger partial charge in [-0.15, -0.1) is 0 Å². The molecule has 0 saturated carbocycles. The fourth-order valence-corrected chi connectivity index (χ4v) is 2.28. The molecule has 0 aromatic heterocycles. The Morgan fingerprint density at radius 3 is 2.42 bits per heavy atom. The second-order valence-electron chi connectivity index (χ2n) is 6.62. The lowest BCUT2D eigenvalue weighted by molar-refractivity contribution is -0.159. The highest BCUT2D eigenvalue weighted by molar-refractivity contribution is 5.98. The molecular weight excluding hydrogens is 312 g/mol. The van der Waals surface area contributed by atoms with Gasteiger partial charge in [0.05, 0.1) is 6.54 Å². The Kier molecular flexibility index (Phi) is 5.11. The van der Waals surface area contributed by atoms with Crippen LogP contribution in [0.4, 0.5) is 9.59 Å². The maximum atomic E-state index is 12.3. The van der Waals surface area contributed by atoms with E-state index in [4.69, 9.17) is 9.47 Å². The van der Waals surface area contributed by atoms with Crippen LogP contribution in [0.25, 0.3) is 0 Å². The first-order valence-electron chi connectivity index (χ1n) is 7.67. The standard InChI is InChI=1S/C17H22N2O5/c1-17(2,3)24-14(20)13-10-18(4)15(21)19(13)16(22)23-11-12-8-6-5-7-9-12/h5-9,13H,10-11H2,1-4H3. The van der Waals surface area contributed by atoms with Crippen LogP contribution in [0, 0.1) is 0 Å². The van der Waals surface area contributed by atoms with Crippen molar-refractivity contribution in [1.29, 1.82) is 0 Å². The molecule has 0 spiro atoms. The van der Waals surface area contributed by atoms with Crippen molar-refractivity contribution in [2.45, 2.75) is 39.0 Å². The number of urea groups is 1. The minimum atomic E-state index is -1.01. The van der Waals surface area contributed by atoms with Crippen molar-refractivity contribution in [3.63, 3.8) is 0 Å². The number of likely N-dealkylation sites (N-methyl/N-ethyl adjacent to an activating group) is 1. The average molecular weight is 334 g/mol. The SMILES string of the molecule is CN1CC(C(=O)OC(C)(C)C)N(C(=O)OCc2ccccc2)C1=O. The van der Waals surface area contributed by atoms with Crippen LogP contribution >= 0.6 is 0 Å². The lowest BCUT2D eigenvalue weighted by Crippen LogP contribution is -2.46. The first-order valence-corrected chi connectivity index (χ1v) is 7.67. The highest BCUT2D eigenvalue weighted by Gasteiger charge is 2.46. The zero-order valence-corrected chi connectivity index (χ0v) is 14.3. The van der Waals surface area contributed by atoms with E-state index in [0.29, 0.717) is 0 Å². The van der Waals surface area contributed by atoms with E-state index in [1.165, 1.54) is 11.9 Å². The van der Waals surface area contributed by atoms with Crippen molar-refractivity contribution in [3.8, 4) is 0 Å². The third-order valence-electron chi connectivity index (χ3n) is 3.37. The number of benzene rings is 1. The summed E-state index contributed by atoms with van der Waals surface area (Å²) in [4.78, 5) is 38.9. The minimum Gasteiger partial charge on any atom is -0.458 e. The summed E-state index contributed by atoms with van der Waals surface area (Å²) in [5.41, 5.74) is 0.0839. The normalized spacial score (nSPS) is 17.8. The summed E-state index contributed by atoms with van der Waals surface area (Å²) >= 11 is 0. The topological polar surface area (TPSA) is 76.2 Å². The summed E-state index contributed by atoms with van der Waals surface area (Å²) in [5.74, 6) is -0.628. The Morgan fingerprint density at radius 2 is 1.83 bits per heavy atom. The van der Waals surface area contributed by atoms with Crippen LogP contribution in [0.2, 0.25) is 0 Å². The molecule has 130 valence electrons. The molecule has 1 saturated heterocycles. The number of carbonyl (C=O) groups is 3. The molecular formula is C17H22N2O5. The Balaban J connectivity index is 2.07. The second kappa shape index (κ2) is 6.90. The number of esters is 1. The number of nitrogens with zero attached hydrogens (tertiary/aromatic N) is 2. The summed E-state index contributed by atoms with van der Waals surface area (Å²) in [5, 5.41) is 0. The molecule has 0 N–H and O–H groups in total. The molecule has 7 heteroatoms. The van der Waals surface area contributed by atoms with Crippen molar-refractivity contribution in [2.24, 2.45) is 0 Å². The molecule has 1 aromatic carbocycles. The van der Waals surface area contributed by atoms with Crippen molar-refractivity contribution in [2.75, 3.05) is 13.6 Å². The lowest BCUT2D eigenvalue weighted by atomic mass is 10.2. The number of rotatable bonds is 3. The molecule has 7 nitrogen and oxygen atoms in total. The fourth-order valence-electron chi connectivity index (χ4n) is 2.28. The van der Waals surface area contributed by atoms with Gasteiger partial charge in [-0.2, -0.15) is 0 Å². The van der Waals surface area contributed by atoms with Gasteiger partial charge in [-0.3, -0.25) is 0 Å². The summed E-state index contributed by atoms with van der Waals surface area (Å²) < 4.78 is 10.5. The van der Waals surface area contributed by atoms with Gasteiger partial charge < -0.3 is 14.4 Å². The van der Waals surface area contributed by atoms with E-state index in [2.05, 4.69) is 0 Å². The van der Waals surface area contributed by atoms with Gasteiger partial charge in [0.25, 0.3) is 0 Å². The number of hydrogen-bond donors (Lipinski definition) is 0. The predicted molar refractivity (Wildman–Crippen MR) is 86.1 cm³/mol. The maximum Gasteiger partial charge on any atom is 0.419 e. The van der Waals surface area contributed by atoms with Crippen LogP contribution in [0.5, 0.6) is 0 Å². The zero-order valence-electron chi connectivity index (χ0n) is 14.3. The summed E-state index contributed by atoms with van der Waals surface area (Å²) in [6.45, 7) is 5.28. The smallest absolute Gasteiger partial charge is 0.419 e. The molecule has 1 fully saturated rings. The largest absolute Gasteiger partial charge is 0.458 e. The quantitative estimate of drug-likeness (QED) is 0.793. The Bertz CT molecular complexity index is 624. The van der Waals surface area contributed by atoms with E-state index in [1.54, 1.807) is 32.9 Å². The van der Waals surface area contributed by atoms with Gasteiger partial charge in [0.15, 0.2) is 6.04 Å². The predicted octanol–water partition coefficient (Wildman–Crippen LogP) is 2.40. The lowest BCUT2D eigenvalue weighted by Gasteiger charge is -2.24. The minimum absolute atomic E-state index is 0.0220. The van der Waals surface area contributed by atoms with E-state index >= 15 is 0 Å². The van der Waals surface area contributed by atoms with E-state index < -0.39 is 29.7 Å². The molecule has 1 aliphatic heterocycles. The monoisotopic (exact) mass is 334 g/mol. The van der Waals surface area contributed by atoms with Crippen LogP contribution in [0.3, 0.4) is 0 Å². The zero-order chi connectivity index (χ0) is 17.9. The first-order chi connectivity index (χ1) is 11.2. The second-order valence-corrected chi connectivity index (χ2v) is 6.62. The van der Waals surface area contributed by atoms with E-state index in [1.807, 2.05) is 18.2 Å². The van der Waals surface area contributed by atoms with E-state index in [-0.39, 0.29) is 13.2 Å². The molecule has 3 amide bonds. The molecule has 0 radical (unpaired) electrons. The summed E-state index contributed by atoms with van der Waals surface area (Å²) in [6.07, 6.45) is -0.857. The van der Waals surface area contributed by atoms with Gasteiger partial charge in [0, 0.05) is 7.05 Å². The number of carbonyl (C=O) groups excluding carboxylic acids is 3. The molecule has 0 bridgehead atoms. The molecule has 0 aliphatic carbocycles. The number of amides is 3. The average Bonchev–Trinajstić information content (AvgIpc) is 2.80. The Morgan fingerprint density at radius 1 is 1.21 bits per heavy atom. The van der Waals surface area contributed by atoms with Gasteiger partial charge in [-0.05, 0) is 26.3 Å². The molecule has 1 atom stereocenters. The highest BCUT2D eigenvalue weighted by atomic mass is 16.6. The van der Waals surface area contributed by atoms with Crippen molar-refractivity contribution >= 4 is 18.1 Å². The van der Waals surface area contributed by atoms with Crippen molar-refractivity contribution < 1.29 is 23.9 Å². The van der Waals surface area contributed by atoms with Crippen molar-refractivity contribution in [1.82, 2.24) is 9.80 Å². The van der Waals surface area contributed by atoms with E-state index in [0.717, 1.165) is 10.5 Å². The van der Waals surface area contributed by atoms with Crippen LogP contribution in [0.1, 0.15) is 26.3 Å². The molecule has 2 rings (SSSR count). The van der Waals surface area contributed by atoms with Crippen LogP contribution < -0.4 is 0 Å². The third-order valence-corrected chi connectivity index (χ3v) is 3.37. The van der Waals surface area contributed by atoms with Gasteiger partial charge in [0.1, 0.15) is 12.2 Å². The third kappa shape index (κ3) is 4.24. The highest BCUT2D eigenvalue weighted by Crippen LogP contribution is 2.20. The van der Waals surface area contributed by atoms with Gasteiger partial charge in [-0.25, -0.2) is 19.3 Å². The van der Waals surface area contributed by atoms with Crippen LogP contribution in [-0.4, -0.2) is 53.1 Å². The molecule has 1 aliphatic rings. The molecule has 1 unspecified atom stereocenters.